The summed E-state index contributed by atoms with van der Waals surface area (Å²) in [6, 6.07) is 9.15. The van der Waals surface area contributed by atoms with Crippen LogP contribution < -0.4 is 4.74 Å². The summed E-state index contributed by atoms with van der Waals surface area (Å²) < 4.78 is 10.2. The fourth-order valence-electron chi connectivity index (χ4n) is 1.38. The second-order valence-corrected chi connectivity index (χ2v) is 3.63. The van der Waals surface area contributed by atoms with Crippen molar-refractivity contribution in [1.29, 1.82) is 0 Å². The van der Waals surface area contributed by atoms with Gasteiger partial charge in [-0.25, -0.2) is 0 Å². The lowest BCUT2D eigenvalue weighted by Gasteiger charge is -2.02. The summed E-state index contributed by atoms with van der Waals surface area (Å²) in [5.41, 5.74) is 0. The van der Waals surface area contributed by atoms with Gasteiger partial charge in [-0.1, -0.05) is 18.2 Å². The van der Waals surface area contributed by atoms with Gasteiger partial charge in [-0.15, -0.1) is 0 Å². The molecule has 0 saturated carbocycles. The molecule has 0 spiro atoms. The van der Waals surface area contributed by atoms with Gasteiger partial charge in [0.2, 0.25) is 0 Å². The molecule has 1 aromatic rings. The second kappa shape index (κ2) is 4.94. The van der Waals surface area contributed by atoms with E-state index in [0.717, 1.165) is 19.4 Å². The largest absolute Gasteiger partial charge is 0.427 e. The molecule has 1 aromatic carbocycles. The Morgan fingerprint density at radius 1 is 1.40 bits per heavy atom. The molecule has 3 nitrogen and oxygen atoms in total. The van der Waals surface area contributed by atoms with E-state index < -0.39 is 0 Å². The zero-order valence-electron chi connectivity index (χ0n) is 8.52. The second-order valence-electron chi connectivity index (χ2n) is 3.63. The van der Waals surface area contributed by atoms with Crippen LogP contribution in [0.5, 0.6) is 5.75 Å². The number of esters is 1. The third-order valence-electron chi connectivity index (χ3n) is 2.28. The molecule has 15 heavy (non-hydrogen) atoms. The molecular formula is C12H14O3. The predicted molar refractivity (Wildman–Crippen MR) is 55.7 cm³/mol. The number of para-hydroxylation sites is 1. The zero-order chi connectivity index (χ0) is 10.5. The molecule has 0 N–H and O–H groups in total. The van der Waals surface area contributed by atoms with Crippen LogP contribution in [-0.2, 0) is 9.53 Å². The summed E-state index contributed by atoms with van der Waals surface area (Å²) in [6.45, 7) is 0.855. The lowest BCUT2D eigenvalue weighted by atomic mass is 10.2. The van der Waals surface area contributed by atoms with Crippen LogP contribution in [0.1, 0.15) is 19.3 Å². The number of rotatable bonds is 5. The van der Waals surface area contributed by atoms with Crippen molar-refractivity contribution in [2.75, 3.05) is 6.61 Å². The van der Waals surface area contributed by atoms with Crippen molar-refractivity contribution in [2.24, 2.45) is 0 Å². The number of hydrogen-bond acceptors (Lipinski definition) is 3. The fraction of sp³-hybridized carbons (Fsp3) is 0.417. The number of ether oxygens (including phenoxy) is 2. The lowest BCUT2D eigenvalue weighted by molar-refractivity contribution is -0.134. The van der Waals surface area contributed by atoms with Crippen molar-refractivity contribution in [2.45, 2.75) is 25.4 Å². The molecular weight excluding hydrogens is 192 g/mol. The first-order valence-electron chi connectivity index (χ1n) is 5.22. The molecule has 2 rings (SSSR count). The van der Waals surface area contributed by atoms with Gasteiger partial charge in [-0.05, 0) is 25.0 Å². The molecule has 0 bridgehead atoms. The molecule has 1 fully saturated rings. The highest BCUT2D eigenvalue weighted by Crippen LogP contribution is 2.17. The van der Waals surface area contributed by atoms with Crippen LogP contribution in [0.25, 0.3) is 0 Å². The quantitative estimate of drug-likeness (QED) is 0.421. The first kappa shape index (κ1) is 10.2. The average molecular weight is 206 g/mol. The molecule has 1 saturated heterocycles. The average Bonchev–Trinajstić information content (AvgIpc) is 3.03. The van der Waals surface area contributed by atoms with Gasteiger partial charge in [0.25, 0.3) is 0 Å². The van der Waals surface area contributed by atoms with Gasteiger partial charge in [-0.3, -0.25) is 4.79 Å². The maximum absolute atomic E-state index is 11.4. The van der Waals surface area contributed by atoms with Crippen LogP contribution in [0.4, 0.5) is 0 Å². The SMILES string of the molecule is O=C(CCCC1CO1)Oc1ccccc1. The summed E-state index contributed by atoms with van der Waals surface area (Å²) in [6.07, 6.45) is 2.67. The first-order valence-corrected chi connectivity index (χ1v) is 5.22. The fourth-order valence-corrected chi connectivity index (χ4v) is 1.38. The number of benzene rings is 1. The van der Waals surface area contributed by atoms with E-state index in [1.807, 2.05) is 18.2 Å². The van der Waals surface area contributed by atoms with Crippen molar-refractivity contribution >= 4 is 5.97 Å². The minimum absolute atomic E-state index is 0.165. The van der Waals surface area contributed by atoms with Crippen molar-refractivity contribution in [1.82, 2.24) is 0 Å². The first-order chi connectivity index (χ1) is 7.34. The maximum atomic E-state index is 11.4. The van der Waals surface area contributed by atoms with Crippen LogP contribution >= 0.6 is 0 Å². The monoisotopic (exact) mass is 206 g/mol. The highest BCUT2D eigenvalue weighted by atomic mass is 16.6. The molecule has 1 aliphatic heterocycles. The summed E-state index contributed by atoms with van der Waals surface area (Å²) in [5.74, 6) is 0.451. The normalized spacial score (nSPS) is 18.5. The van der Waals surface area contributed by atoms with E-state index in [9.17, 15) is 4.79 Å². The molecule has 1 aliphatic rings. The Balaban J connectivity index is 1.67. The minimum atomic E-state index is -0.165. The Morgan fingerprint density at radius 3 is 2.80 bits per heavy atom. The standard InChI is InChI=1S/C12H14O3/c13-12(8-4-7-11-9-14-11)15-10-5-2-1-3-6-10/h1-3,5-6,11H,4,7-9H2. The van der Waals surface area contributed by atoms with Crippen LogP contribution in [-0.4, -0.2) is 18.7 Å². The molecule has 80 valence electrons. The van der Waals surface area contributed by atoms with Gasteiger partial charge >= 0.3 is 5.97 Å². The van der Waals surface area contributed by atoms with Gasteiger partial charge in [0.15, 0.2) is 0 Å². The topological polar surface area (TPSA) is 38.8 Å². The number of carbonyl (C=O) groups excluding carboxylic acids is 1. The van der Waals surface area contributed by atoms with Gasteiger partial charge in [0, 0.05) is 6.42 Å². The molecule has 0 radical (unpaired) electrons. The number of epoxide rings is 1. The predicted octanol–water partition coefficient (Wildman–Crippen LogP) is 2.16. The highest BCUT2D eigenvalue weighted by Gasteiger charge is 2.21. The Kier molecular flexibility index (Phi) is 3.35. The summed E-state index contributed by atoms with van der Waals surface area (Å²) in [7, 11) is 0. The molecule has 0 amide bonds. The van der Waals surface area contributed by atoms with Gasteiger partial charge in [0.1, 0.15) is 5.75 Å². The van der Waals surface area contributed by atoms with E-state index in [1.54, 1.807) is 12.1 Å². The van der Waals surface area contributed by atoms with Gasteiger partial charge in [0.05, 0.1) is 12.7 Å². The number of carbonyl (C=O) groups is 1. The van der Waals surface area contributed by atoms with E-state index in [2.05, 4.69) is 0 Å². The molecule has 0 aliphatic carbocycles. The Labute approximate surface area is 89.0 Å². The van der Waals surface area contributed by atoms with Crippen molar-refractivity contribution in [3.05, 3.63) is 30.3 Å². The molecule has 1 unspecified atom stereocenters. The summed E-state index contributed by atoms with van der Waals surface area (Å²) in [5, 5.41) is 0. The van der Waals surface area contributed by atoms with E-state index in [0.29, 0.717) is 18.3 Å². The van der Waals surface area contributed by atoms with E-state index in [1.165, 1.54) is 0 Å². The molecule has 0 aromatic heterocycles. The summed E-state index contributed by atoms with van der Waals surface area (Å²) in [4.78, 5) is 11.4. The van der Waals surface area contributed by atoms with E-state index in [-0.39, 0.29) is 5.97 Å². The third-order valence-corrected chi connectivity index (χ3v) is 2.28. The van der Waals surface area contributed by atoms with Crippen LogP contribution in [0.2, 0.25) is 0 Å². The Morgan fingerprint density at radius 2 is 2.13 bits per heavy atom. The maximum Gasteiger partial charge on any atom is 0.311 e. The van der Waals surface area contributed by atoms with Crippen LogP contribution in [0, 0.1) is 0 Å². The van der Waals surface area contributed by atoms with Crippen molar-refractivity contribution in [3.8, 4) is 5.75 Å². The van der Waals surface area contributed by atoms with Crippen LogP contribution in [0.15, 0.2) is 30.3 Å². The van der Waals surface area contributed by atoms with Gasteiger partial charge in [-0.2, -0.15) is 0 Å². The Hall–Kier alpha value is -1.35. The van der Waals surface area contributed by atoms with Crippen molar-refractivity contribution in [3.63, 3.8) is 0 Å². The summed E-state index contributed by atoms with van der Waals surface area (Å²) >= 11 is 0. The van der Waals surface area contributed by atoms with Crippen LogP contribution in [0.3, 0.4) is 0 Å². The zero-order valence-corrected chi connectivity index (χ0v) is 8.52. The third kappa shape index (κ3) is 3.72. The van der Waals surface area contributed by atoms with Crippen molar-refractivity contribution < 1.29 is 14.3 Å². The number of hydrogen-bond donors (Lipinski definition) is 0. The Bertz CT molecular complexity index is 317. The van der Waals surface area contributed by atoms with E-state index >= 15 is 0 Å². The minimum Gasteiger partial charge on any atom is -0.427 e. The molecule has 3 heteroatoms. The van der Waals surface area contributed by atoms with E-state index in [4.69, 9.17) is 9.47 Å². The molecule has 1 heterocycles. The smallest absolute Gasteiger partial charge is 0.311 e. The highest BCUT2D eigenvalue weighted by molar-refractivity contribution is 5.72. The van der Waals surface area contributed by atoms with Gasteiger partial charge < -0.3 is 9.47 Å². The molecule has 1 atom stereocenters. The lowest BCUT2D eigenvalue weighted by Crippen LogP contribution is -2.07.